The van der Waals surface area contributed by atoms with Crippen molar-refractivity contribution in [2.45, 2.75) is 13.8 Å². The van der Waals surface area contributed by atoms with Gasteiger partial charge in [-0.05, 0) is 38.1 Å². The first-order valence-corrected chi connectivity index (χ1v) is 7.55. The SMILES string of the molecule is Cc1cc(/C=N\Nc2ncccc2[N+](=O)[O-])c(C)n1-c1cccnc1. The smallest absolute Gasteiger partial charge is 0.313 e. The third-order valence-corrected chi connectivity index (χ3v) is 3.73. The standard InChI is InChI=1S/C17H16N6O2/c1-12-9-14(13(2)22(12)15-5-3-7-18-11-15)10-20-21-17-16(23(24)25)6-4-8-19-17/h3-11H,1-2H3,(H,19,21)/b20-10-. The molecule has 0 unspecified atom stereocenters. The number of rotatable bonds is 5. The zero-order valence-electron chi connectivity index (χ0n) is 13.7. The molecule has 0 saturated heterocycles. The van der Waals surface area contributed by atoms with Crippen LogP contribution in [0.5, 0.6) is 0 Å². The first kappa shape index (κ1) is 16.3. The van der Waals surface area contributed by atoms with E-state index in [1.54, 1.807) is 18.6 Å². The van der Waals surface area contributed by atoms with E-state index in [1.165, 1.54) is 18.3 Å². The van der Waals surface area contributed by atoms with Crippen LogP contribution in [0.25, 0.3) is 5.69 Å². The van der Waals surface area contributed by atoms with Gasteiger partial charge in [0, 0.05) is 35.4 Å². The Hall–Kier alpha value is -3.55. The van der Waals surface area contributed by atoms with Crippen molar-refractivity contribution in [2.24, 2.45) is 5.10 Å². The van der Waals surface area contributed by atoms with Gasteiger partial charge in [0.05, 0.1) is 23.0 Å². The molecule has 0 amide bonds. The molecule has 0 aliphatic carbocycles. The molecule has 3 rings (SSSR count). The Morgan fingerprint density at radius 3 is 2.80 bits per heavy atom. The molecule has 25 heavy (non-hydrogen) atoms. The molecule has 0 aliphatic heterocycles. The Morgan fingerprint density at radius 1 is 1.28 bits per heavy atom. The summed E-state index contributed by atoms with van der Waals surface area (Å²) in [6, 6.07) is 8.72. The molecule has 126 valence electrons. The quantitative estimate of drug-likeness (QED) is 0.438. The van der Waals surface area contributed by atoms with Gasteiger partial charge in [0.25, 0.3) is 0 Å². The van der Waals surface area contributed by atoms with Gasteiger partial charge in [-0.25, -0.2) is 4.98 Å². The Bertz CT molecular complexity index is 934. The lowest BCUT2D eigenvalue weighted by Crippen LogP contribution is -2.01. The molecule has 0 aromatic carbocycles. The fourth-order valence-electron chi connectivity index (χ4n) is 2.59. The van der Waals surface area contributed by atoms with E-state index in [4.69, 9.17) is 0 Å². The lowest BCUT2D eigenvalue weighted by Gasteiger charge is -2.08. The van der Waals surface area contributed by atoms with Gasteiger partial charge in [-0.2, -0.15) is 5.10 Å². The van der Waals surface area contributed by atoms with Crippen LogP contribution in [0.2, 0.25) is 0 Å². The summed E-state index contributed by atoms with van der Waals surface area (Å²) < 4.78 is 2.07. The number of anilines is 1. The highest BCUT2D eigenvalue weighted by molar-refractivity contribution is 5.82. The second kappa shape index (κ2) is 6.91. The molecule has 0 saturated carbocycles. The van der Waals surface area contributed by atoms with Gasteiger partial charge in [-0.1, -0.05) is 0 Å². The highest BCUT2D eigenvalue weighted by Crippen LogP contribution is 2.21. The second-order valence-electron chi connectivity index (χ2n) is 5.37. The van der Waals surface area contributed by atoms with Gasteiger partial charge in [-0.15, -0.1) is 0 Å². The second-order valence-corrected chi connectivity index (χ2v) is 5.37. The molecule has 0 bridgehead atoms. The molecular formula is C17H16N6O2. The number of aryl methyl sites for hydroxylation is 1. The molecule has 3 aromatic heterocycles. The maximum absolute atomic E-state index is 11.0. The number of hydrogen-bond acceptors (Lipinski definition) is 6. The third kappa shape index (κ3) is 3.37. The average Bonchev–Trinajstić information content (AvgIpc) is 2.90. The Labute approximate surface area is 144 Å². The minimum Gasteiger partial charge on any atom is -0.316 e. The van der Waals surface area contributed by atoms with Gasteiger partial charge < -0.3 is 4.57 Å². The van der Waals surface area contributed by atoms with Crippen LogP contribution in [0.1, 0.15) is 17.0 Å². The van der Waals surface area contributed by atoms with Crippen LogP contribution in [-0.2, 0) is 0 Å². The molecule has 0 radical (unpaired) electrons. The van der Waals surface area contributed by atoms with Crippen LogP contribution in [-0.4, -0.2) is 25.7 Å². The molecule has 8 nitrogen and oxygen atoms in total. The summed E-state index contributed by atoms with van der Waals surface area (Å²) >= 11 is 0. The topological polar surface area (TPSA) is 98.2 Å². The van der Waals surface area contributed by atoms with Crippen LogP contribution in [0.3, 0.4) is 0 Å². The van der Waals surface area contributed by atoms with Crippen LogP contribution >= 0.6 is 0 Å². The van der Waals surface area contributed by atoms with E-state index >= 15 is 0 Å². The molecule has 0 aliphatic rings. The summed E-state index contributed by atoms with van der Waals surface area (Å²) in [6.07, 6.45) is 6.60. The van der Waals surface area contributed by atoms with E-state index in [-0.39, 0.29) is 11.5 Å². The van der Waals surface area contributed by atoms with Gasteiger partial charge in [0.1, 0.15) is 0 Å². The minimum absolute atomic E-state index is 0.102. The number of aromatic nitrogens is 3. The summed E-state index contributed by atoms with van der Waals surface area (Å²) in [5.41, 5.74) is 6.40. The van der Waals surface area contributed by atoms with E-state index < -0.39 is 4.92 Å². The molecule has 0 atom stereocenters. The first-order valence-electron chi connectivity index (χ1n) is 7.55. The Morgan fingerprint density at radius 2 is 2.08 bits per heavy atom. The van der Waals surface area contributed by atoms with Crippen molar-refractivity contribution >= 4 is 17.7 Å². The highest BCUT2D eigenvalue weighted by Gasteiger charge is 2.13. The summed E-state index contributed by atoms with van der Waals surface area (Å²) in [7, 11) is 0. The number of nitro groups is 1. The lowest BCUT2D eigenvalue weighted by molar-refractivity contribution is -0.384. The van der Waals surface area contributed by atoms with Crippen molar-refractivity contribution in [3.8, 4) is 5.69 Å². The molecule has 0 fully saturated rings. The first-order chi connectivity index (χ1) is 12.1. The number of nitrogens with zero attached hydrogens (tertiary/aromatic N) is 5. The van der Waals surface area contributed by atoms with E-state index in [0.717, 1.165) is 22.6 Å². The number of hydrazone groups is 1. The van der Waals surface area contributed by atoms with Crippen LogP contribution in [0, 0.1) is 24.0 Å². The predicted molar refractivity (Wildman–Crippen MR) is 95.1 cm³/mol. The average molecular weight is 336 g/mol. The molecule has 3 aromatic rings. The van der Waals surface area contributed by atoms with Crippen molar-refractivity contribution in [1.29, 1.82) is 0 Å². The van der Waals surface area contributed by atoms with Crippen LogP contribution in [0.4, 0.5) is 11.5 Å². The van der Waals surface area contributed by atoms with Crippen molar-refractivity contribution in [1.82, 2.24) is 14.5 Å². The van der Waals surface area contributed by atoms with Crippen molar-refractivity contribution < 1.29 is 4.92 Å². The van der Waals surface area contributed by atoms with Crippen LogP contribution < -0.4 is 5.43 Å². The van der Waals surface area contributed by atoms with E-state index in [1.807, 2.05) is 32.0 Å². The maximum Gasteiger partial charge on any atom is 0.313 e. The van der Waals surface area contributed by atoms with Crippen molar-refractivity contribution in [3.63, 3.8) is 0 Å². The summed E-state index contributed by atoms with van der Waals surface area (Å²) in [4.78, 5) is 18.6. The minimum atomic E-state index is -0.501. The van der Waals surface area contributed by atoms with Crippen molar-refractivity contribution in [3.05, 3.63) is 76.0 Å². The van der Waals surface area contributed by atoms with Gasteiger partial charge in [-0.3, -0.25) is 20.5 Å². The Balaban J connectivity index is 1.85. The fourth-order valence-corrected chi connectivity index (χ4v) is 2.59. The van der Waals surface area contributed by atoms with E-state index in [0.29, 0.717) is 0 Å². The zero-order chi connectivity index (χ0) is 17.8. The zero-order valence-corrected chi connectivity index (χ0v) is 13.7. The molecule has 0 spiro atoms. The molecule has 3 heterocycles. The molecule has 8 heteroatoms. The number of nitrogens with one attached hydrogen (secondary N) is 1. The van der Waals surface area contributed by atoms with Gasteiger partial charge >= 0.3 is 5.69 Å². The summed E-state index contributed by atoms with van der Waals surface area (Å²) in [5, 5.41) is 15.1. The maximum atomic E-state index is 11.0. The molecular weight excluding hydrogens is 320 g/mol. The van der Waals surface area contributed by atoms with Crippen molar-refractivity contribution in [2.75, 3.05) is 5.43 Å². The van der Waals surface area contributed by atoms with E-state index in [2.05, 4.69) is 25.1 Å². The molecule has 1 N–H and O–H groups in total. The largest absolute Gasteiger partial charge is 0.316 e. The predicted octanol–water partition coefficient (Wildman–Crippen LogP) is 3.24. The lowest BCUT2D eigenvalue weighted by atomic mass is 10.3. The number of pyridine rings is 2. The van der Waals surface area contributed by atoms with Crippen LogP contribution in [0.15, 0.2) is 54.0 Å². The monoisotopic (exact) mass is 336 g/mol. The normalized spacial score (nSPS) is 11.0. The number of hydrogen-bond donors (Lipinski definition) is 1. The van der Waals surface area contributed by atoms with Gasteiger partial charge in [0.2, 0.25) is 5.82 Å². The van der Waals surface area contributed by atoms with Gasteiger partial charge in [0.15, 0.2) is 0 Å². The summed E-state index contributed by atoms with van der Waals surface area (Å²) in [6.45, 7) is 3.97. The third-order valence-electron chi connectivity index (χ3n) is 3.73. The van der Waals surface area contributed by atoms with E-state index in [9.17, 15) is 10.1 Å². The Kier molecular flexibility index (Phi) is 4.51. The fraction of sp³-hybridized carbons (Fsp3) is 0.118. The highest BCUT2D eigenvalue weighted by atomic mass is 16.6. The summed E-state index contributed by atoms with van der Waals surface area (Å²) in [5.74, 6) is 0.102.